The Balaban J connectivity index is 2.35. The SMILES string of the molecule is Cc1cccc(Oc2c(F)cccc2CBr)c1. The fraction of sp³-hybridized carbons (Fsp3) is 0.143. The third kappa shape index (κ3) is 2.86. The fourth-order valence-electron chi connectivity index (χ4n) is 1.57. The lowest BCUT2D eigenvalue weighted by Crippen LogP contribution is -1.93. The van der Waals surface area contributed by atoms with Crippen molar-refractivity contribution in [1.82, 2.24) is 0 Å². The lowest BCUT2D eigenvalue weighted by Gasteiger charge is -2.10. The molecule has 0 amide bonds. The first kappa shape index (κ1) is 12.1. The molecule has 0 N–H and O–H groups in total. The van der Waals surface area contributed by atoms with Gasteiger partial charge in [-0.05, 0) is 30.7 Å². The molecule has 2 aromatic carbocycles. The average molecular weight is 295 g/mol. The summed E-state index contributed by atoms with van der Waals surface area (Å²) in [5.41, 5.74) is 1.88. The van der Waals surface area contributed by atoms with E-state index in [0.717, 1.165) is 11.1 Å². The molecule has 0 aliphatic rings. The molecule has 0 aromatic heterocycles. The first-order valence-corrected chi connectivity index (χ1v) is 6.40. The largest absolute Gasteiger partial charge is 0.454 e. The van der Waals surface area contributed by atoms with Crippen LogP contribution in [0.5, 0.6) is 11.5 Å². The van der Waals surface area contributed by atoms with Crippen molar-refractivity contribution < 1.29 is 9.13 Å². The minimum Gasteiger partial charge on any atom is -0.454 e. The Labute approximate surface area is 108 Å². The standard InChI is InChI=1S/C14H12BrFO/c1-10-4-2-6-12(8-10)17-14-11(9-15)5-3-7-13(14)16/h2-8H,9H2,1H3. The molecule has 1 nitrogen and oxygen atoms in total. The van der Waals surface area contributed by atoms with E-state index in [1.165, 1.54) is 6.07 Å². The highest BCUT2D eigenvalue weighted by atomic mass is 79.9. The third-order valence-corrected chi connectivity index (χ3v) is 3.01. The predicted octanol–water partition coefficient (Wildman–Crippen LogP) is 4.82. The molecule has 0 saturated carbocycles. The average Bonchev–Trinajstić information content (AvgIpc) is 2.32. The van der Waals surface area contributed by atoms with E-state index < -0.39 is 0 Å². The Morgan fingerprint density at radius 2 is 1.94 bits per heavy atom. The summed E-state index contributed by atoms with van der Waals surface area (Å²) in [7, 11) is 0. The van der Waals surface area contributed by atoms with Crippen LogP contribution in [0.1, 0.15) is 11.1 Å². The van der Waals surface area contributed by atoms with Gasteiger partial charge in [0, 0.05) is 10.9 Å². The van der Waals surface area contributed by atoms with Crippen LogP contribution in [-0.4, -0.2) is 0 Å². The minimum atomic E-state index is -0.344. The molecule has 0 heterocycles. The first-order chi connectivity index (χ1) is 8.20. The molecule has 0 radical (unpaired) electrons. The monoisotopic (exact) mass is 294 g/mol. The van der Waals surface area contributed by atoms with Crippen molar-refractivity contribution in [1.29, 1.82) is 0 Å². The summed E-state index contributed by atoms with van der Waals surface area (Å²) in [6.07, 6.45) is 0. The highest BCUT2D eigenvalue weighted by molar-refractivity contribution is 9.08. The molecular formula is C14H12BrFO. The third-order valence-electron chi connectivity index (χ3n) is 2.40. The van der Waals surface area contributed by atoms with Gasteiger partial charge in [-0.3, -0.25) is 0 Å². The number of ether oxygens (including phenoxy) is 1. The van der Waals surface area contributed by atoms with Crippen LogP contribution in [0.4, 0.5) is 4.39 Å². The lowest BCUT2D eigenvalue weighted by atomic mass is 10.2. The first-order valence-electron chi connectivity index (χ1n) is 5.28. The van der Waals surface area contributed by atoms with Gasteiger partial charge < -0.3 is 4.74 Å². The second kappa shape index (κ2) is 5.32. The molecule has 0 fully saturated rings. The van der Waals surface area contributed by atoms with E-state index in [-0.39, 0.29) is 11.6 Å². The van der Waals surface area contributed by atoms with Crippen LogP contribution in [0.2, 0.25) is 0 Å². The van der Waals surface area contributed by atoms with Gasteiger partial charge in [0.2, 0.25) is 0 Å². The van der Waals surface area contributed by atoms with E-state index >= 15 is 0 Å². The summed E-state index contributed by atoms with van der Waals surface area (Å²) < 4.78 is 19.3. The van der Waals surface area contributed by atoms with Gasteiger partial charge in [-0.15, -0.1) is 0 Å². The van der Waals surface area contributed by atoms with Gasteiger partial charge in [0.1, 0.15) is 5.75 Å². The van der Waals surface area contributed by atoms with Gasteiger partial charge in [0.15, 0.2) is 11.6 Å². The molecular weight excluding hydrogens is 283 g/mol. The van der Waals surface area contributed by atoms with E-state index in [1.54, 1.807) is 6.07 Å². The van der Waals surface area contributed by atoms with Crippen molar-refractivity contribution in [3.05, 3.63) is 59.4 Å². The summed E-state index contributed by atoms with van der Waals surface area (Å²) in [6.45, 7) is 1.97. The molecule has 0 spiro atoms. The summed E-state index contributed by atoms with van der Waals surface area (Å²) in [5.74, 6) is 0.593. The van der Waals surface area contributed by atoms with Crippen molar-refractivity contribution in [2.24, 2.45) is 0 Å². The Morgan fingerprint density at radius 3 is 2.65 bits per heavy atom. The number of halogens is 2. The summed E-state index contributed by atoms with van der Waals surface area (Å²) in [6, 6.07) is 12.5. The zero-order valence-corrected chi connectivity index (χ0v) is 11.0. The molecule has 0 aliphatic carbocycles. The Kier molecular flexibility index (Phi) is 3.79. The van der Waals surface area contributed by atoms with Gasteiger partial charge in [-0.25, -0.2) is 4.39 Å². The number of aryl methyl sites for hydroxylation is 1. The van der Waals surface area contributed by atoms with Crippen LogP contribution in [0.25, 0.3) is 0 Å². The van der Waals surface area contributed by atoms with E-state index in [4.69, 9.17) is 4.74 Å². The van der Waals surface area contributed by atoms with E-state index in [0.29, 0.717) is 11.1 Å². The van der Waals surface area contributed by atoms with Crippen LogP contribution in [0.15, 0.2) is 42.5 Å². The van der Waals surface area contributed by atoms with Gasteiger partial charge in [0.05, 0.1) is 0 Å². The topological polar surface area (TPSA) is 9.23 Å². The molecule has 3 heteroatoms. The number of hydrogen-bond acceptors (Lipinski definition) is 1. The Hall–Kier alpha value is -1.35. The van der Waals surface area contributed by atoms with Gasteiger partial charge >= 0.3 is 0 Å². The number of alkyl halides is 1. The maximum atomic E-state index is 13.7. The maximum Gasteiger partial charge on any atom is 0.167 e. The quantitative estimate of drug-likeness (QED) is 0.737. The zero-order valence-electron chi connectivity index (χ0n) is 9.41. The van der Waals surface area contributed by atoms with Crippen LogP contribution in [0.3, 0.4) is 0 Å². The van der Waals surface area contributed by atoms with Crippen molar-refractivity contribution in [3.8, 4) is 11.5 Å². The molecule has 2 rings (SSSR count). The van der Waals surface area contributed by atoms with Crippen molar-refractivity contribution in [2.75, 3.05) is 0 Å². The van der Waals surface area contributed by atoms with Crippen LogP contribution < -0.4 is 4.74 Å². The number of rotatable bonds is 3. The second-order valence-electron chi connectivity index (χ2n) is 3.78. The molecule has 0 saturated heterocycles. The second-order valence-corrected chi connectivity index (χ2v) is 4.34. The highest BCUT2D eigenvalue weighted by Crippen LogP contribution is 2.30. The van der Waals surface area contributed by atoms with Gasteiger partial charge in [-0.2, -0.15) is 0 Å². The highest BCUT2D eigenvalue weighted by Gasteiger charge is 2.09. The zero-order chi connectivity index (χ0) is 12.3. The van der Waals surface area contributed by atoms with E-state index in [2.05, 4.69) is 15.9 Å². The number of para-hydroxylation sites is 1. The maximum absolute atomic E-state index is 13.7. The van der Waals surface area contributed by atoms with E-state index in [9.17, 15) is 4.39 Å². The van der Waals surface area contributed by atoms with Crippen molar-refractivity contribution in [3.63, 3.8) is 0 Å². The fourth-order valence-corrected chi connectivity index (χ4v) is 2.01. The van der Waals surface area contributed by atoms with Crippen LogP contribution >= 0.6 is 15.9 Å². The summed E-state index contributed by atoms with van der Waals surface area (Å²) in [5, 5.41) is 0.561. The lowest BCUT2D eigenvalue weighted by molar-refractivity contribution is 0.438. The molecule has 0 unspecified atom stereocenters. The van der Waals surface area contributed by atoms with Gasteiger partial charge in [-0.1, -0.05) is 40.2 Å². The normalized spacial score (nSPS) is 10.3. The van der Waals surface area contributed by atoms with Crippen molar-refractivity contribution in [2.45, 2.75) is 12.3 Å². The Morgan fingerprint density at radius 1 is 1.18 bits per heavy atom. The smallest absolute Gasteiger partial charge is 0.167 e. The Bertz CT molecular complexity index is 525. The number of hydrogen-bond donors (Lipinski definition) is 0. The van der Waals surface area contributed by atoms with Crippen molar-refractivity contribution >= 4 is 15.9 Å². The molecule has 2 aromatic rings. The van der Waals surface area contributed by atoms with Gasteiger partial charge in [0.25, 0.3) is 0 Å². The van der Waals surface area contributed by atoms with E-state index in [1.807, 2.05) is 37.3 Å². The molecule has 88 valence electrons. The molecule has 17 heavy (non-hydrogen) atoms. The minimum absolute atomic E-state index is 0.287. The molecule has 0 bridgehead atoms. The summed E-state index contributed by atoms with van der Waals surface area (Å²) in [4.78, 5) is 0. The van der Waals surface area contributed by atoms with Crippen LogP contribution in [0, 0.1) is 12.7 Å². The molecule has 0 atom stereocenters. The summed E-state index contributed by atoms with van der Waals surface area (Å²) >= 11 is 3.32. The molecule has 0 aliphatic heterocycles. The predicted molar refractivity (Wildman–Crippen MR) is 70.3 cm³/mol. The number of benzene rings is 2. The van der Waals surface area contributed by atoms with Crippen LogP contribution in [-0.2, 0) is 5.33 Å².